The minimum atomic E-state index is -3.21. The highest BCUT2D eigenvalue weighted by atomic mass is 32.2. The van der Waals surface area contributed by atoms with Gasteiger partial charge in [0.05, 0.1) is 12.3 Å². The van der Waals surface area contributed by atoms with Gasteiger partial charge in [0.1, 0.15) is 11.6 Å². The fourth-order valence-electron chi connectivity index (χ4n) is 1.36. The van der Waals surface area contributed by atoms with Crippen LogP contribution in [0.25, 0.3) is 0 Å². The summed E-state index contributed by atoms with van der Waals surface area (Å²) in [7, 11) is -1.62. The van der Waals surface area contributed by atoms with Crippen LogP contribution in [0.3, 0.4) is 0 Å². The molecule has 1 rings (SSSR count). The van der Waals surface area contributed by atoms with Gasteiger partial charge in [0.2, 0.25) is 0 Å². The monoisotopic (exact) mass is 275 g/mol. The summed E-state index contributed by atoms with van der Waals surface area (Å²) in [5, 5.41) is 3.03. The standard InChI is InChI=1S/C10H17N3O4S/c1-17-4-3-11-6-8-5-10(14)13-9(12-8)7-18(2,15)16/h5,11H,3-4,6-7H2,1-2H3,(H,12,13,14). The Balaban J connectivity index is 2.72. The number of nitrogens with one attached hydrogen (secondary N) is 2. The van der Waals surface area contributed by atoms with Gasteiger partial charge in [-0.15, -0.1) is 0 Å². The zero-order valence-corrected chi connectivity index (χ0v) is 11.2. The lowest BCUT2D eigenvalue weighted by molar-refractivity contribution is 0.199. The maximum atomic E-state index is 11.3. The molecular formula is C10H17N3O4S. The van der Waals surface area contributed by atoms with E-state index in [1.54, 1.807) is 7.11 Å². The topological polar surface area (TPSA) is 101 Å². The third-order valence-corrected chi connectivity index (χ3v) is 2.83. The molecule has 0 saturated heterocycles. The Morgan fingerprint density at radius 2 is 2.22 bits per heavy atom. The number of aromatic amines is 1. The minimum Gasteiger partial charge on any atom is -0.383 e. The van der Waals surface area contributed by atoms with Crippen molar-refractivity contribution in [1.82, 2.24) is 15.3 Å². The predicted octanol–water partition coefficient (Wildman–Crippen LogP) is -0.949. The molecule has 1 aromatic rings. The van der Waals surface area contributed by atoms with Crippen LogP contribution in [0.4, 0.5) is 0 Å². The molecule has 0 aliphatic rings. The van der Waals surface area contributed by atoms with E-state index in [4.69, 9.17) is 4.74 Å². The van der Waals surface area contributed by atoms with Gasteiger partial charge in [-0.2, -0.15) is 0 Å². The first-order valence-electron chi connectivity index (χ1n) is 5.37. The summed E-state index contributed by atoms with van der Waals surface area (Å²) in [6.07, 6.45) is 1.09. The van der Waals surface area contributed by atoms with Gasteiger partial charge in [-0.05, 0) is 0 Å². The Labute approximate surface area is 106 Å². The second kappa shape index (κ2) is 6.62. The Hall–Kier alpha value is -1.25. The van der Waals surface area contributed by atoms with Crippen LogP contribution in [0.5, 0.6) is 0 Å². The maximum Gasteiger partial charge on any atom is 0.251 e. The van der Waals surface area contributed by atoms with Gasteiger partial charge in [-0.3, -0.25) is 4.79 Å². The number of sulfone groups is 1. The fraction of sp³-hybridized carbons (Fsp3) is 0.600. The second-order valence-electron chi connectivity index (χ2n) is 3.92. The summed E-state index contributed by atoms with van der Waals surface area (Å²) in [4.78, 5) is 17.8. The van der Waals surface area contributed by atoms with E-state index in [9.17, 15) is 13.2 Å². The summed E-state index contributed by atoms with van der Waals surface area (Å²) in [5.41, 5.74) is 0.153. The molecule has 1 aromatic heterocycles. The minimum absolute atomic E-state index is 0.161. The first kappa shape index (κ1) is 14.8. The number of nitrogens with zero attached hydrogens (tertiary/aromatic N) is 1. The van der Waals surface area contributed by atoms with Crippen molar-refractivity contribution in [2.24, 2.45) is 0 Å². The van der Waals surface area contributed by atoms with E-state index in [0.717, 1.165) is 6.26 Å². The van der Waals surface area contributed by atoms with Crippen LogP contribution in [0, 0.1) is 0 Å². The molecule has 102 valence electrons. The lowest BCUT2D eigenvalue weighted by Crippen LogP contribution is -2.22. The molecule has 8 heteroatoms. The molecule has 0 aliphatic heterocycles. The van der Waals surface area contributed by atoms with E-state index < -0.39 is 9.84 Å². The Morgan fingerprint density at radius 1 is 1.50 bits per heavy atom. The molecule has 2 N–H and O–H groups in total. The summed E-state index contributed by atoms with van der Waals surface area (Å²) >= 11 is 0. The molecule has 0 aliphatic carbocycles. The van der Waals surface area contributed by atoms with Crippen molar-refractivity contribution in [3.8, 4) is 0 Å². The molecule has 0 radical (unpaired) electrons. The Morgan fingerprint density at radius 3 is 2.83 bits per heavy atom. The van der Waals surface area contributed by atoms with Crippen LogP contribution in [0.15, 0.2) is 10.9 Å². The van der Waals surface area contributed by atoms with E-state index >= 15 is 0 Å². The second-order valence-corrected chi connectivity index (χ2v) is 6.06. The number of rotatable bonds is 7. The van der Waals surface area contributed by atoms with Crippen LogP contribution in [-0.4, -0.2) is 44.9 Å². The number of aromatic nitrogens is 2. The van der Waals surface area contributed by atoms with E-state index in [2.05, 4.69) is 15.3 Å². The molecule has 7 nitrogen and oxygen atoms in total. The lowest BCUT2D eigenvalue weighted by atomic mass is 10.4. The Kier molecular flexibility index (Phi) is 5.45. The highest BCUT2D eigenvalue weighted by Crippen LogP contribution is 1.97. The maximum absolute atomic E-state index is 11.3. The van der Waals surface area contributed by atoms with Crippen molar-refractivity contribution in [1.29, 1.82) is 0 Å². The van der Waals surface area contributed by atoms with Crippen molar-refractivity contribution in [2.45, 2.75) is 12.3 Å². The average Bonchev–Trinajstić information content (AvgIpc) is 2.21. The molecular weight excluding hydrogens is 258 g/mol. The number of ether oxygens (including phenoxy) is 1. The van der Waals surface area contributed by atoms with Crippen LogP contribution in [-0.2, 0) is 26.9 Å². The van der Waals surface area contributed by atoms with E-state index in [0.29, 0.717) is 25.4 Å². The molecule has 0 amide bonds. The zero-order chi connectivity index (χ0) is 13.6. The molecule has 0 aromatic carbocycles. The highest BCUT2D eigenvalue weighted by molar-refractivity contribution is 7.89. The fourth-order valence-corrected chi connectivity index (χ4v) is 1.99. The van der Waals surface area contributed by atoms with Gasteiger partial charge in [-0.1, -0.05) is 0 Å². The van der Waals surface area contributed by atoms with Gasteiger partial charge in [0.15, 0.2) is 9.84 Å². The highest BCUT2D eigenvalue weighted by Gasteiger charge is 2.08. The van der Waals surface area contributed by atoms with Crippen molar-refractivity contribution in [3.05, 3.63) is 27.9 Å². The first-order valence-corrected chi connectivity index (χ1v) is 7.43. The van der Waals surface area contributed by atoms with Crippen molar-refractivity contribution >= 4 is 9.84 Å². The predicted molar refractivity (Wildman–Crippen MR) is 67.0 cm³/mol. The van der Waals surface area contributed by atoms with Crippen LogP contribution >= 0.6 is 0 Å². The molecule has 0 atom stereocenters. The summed E-state index contributed by atoms with van der Waals surface area (Å²) in [5.74, 6) is -0.109. The quantitative estimate of drug-likeness (QED) is 0.622. The third-order valence-electron chi connectivity index (χ3n) is 2.03. The van der Waals surface area contributed by atoms with Gasteiger partial charge in [0, 0.05) is 32.5 Å². The molecule has 0 spiro atoms. The van der Waals surface area contributed by atoms with Gasteiger partial charge in [0.25, 0.3) is 5.56 Å². The van der Waals surface area contributed by atoms with Gasteiger partial charge in [-0.25, -0.2) is 13.4 Å². The molecule has 18 heavy (non-hydrogen) atoms. The molecule has 0 fully saturated rings. The normalized spacial score (nSPS) is 11.7. The van der Waals surface area contributed by atoms with Crippen LogP contribution < -0.4 is 10.9 Å². The van der Waals surface area contributed by atoms with Crippen LogP contribution in [0.2, 0.25) is 0 Å². The number of hydrogen-bond donors (Lipinski definition) is 2. The van der Waals surface area contributed by atoms with Crippen molar-refractivity contribution in [3.63, 3.8) is 0 Å². The van der Waals surface area contributed by atoms with Crippen molar-refractivity contribution < 1.29 is 13.2 Å². The average molecular weight is 275 g/mol. The molecule has 0 bridgehead atoms. The number of H-pyrrole nitrogens is 1. The Bertz CT molecular complexity index is 538. The van der Waals surface area contributed by atoms with E-state index in [1.807, 2.05) is 0 Å². The van der Waals surface area contributed by atoms with Gasteiger partial charge >= 0.3 is 0 Å². The summed E-state index contributed by atoms with van der Waals surface area (Å²) < 4.78 is 27.1. The molecule has 1 heterocycles. The first-order chi connectivity index (χ1) is 8.40. The number of hydrogen-bond acceptors (Lipinski definition) is 6. The smallest absolute Gasteiger partial charge is 0.251 e. The summed E-state index contributed by atoms with van der Waals surface area (Å²) in [6.45, 7) is 1.58. The SMILES string of the molecule is COCCNCc1cc(=O)[nH]c(CS(C)(=O)=O)n1. The van der Waals surface area contributed by atoms with Gasteiger partial charge < -0.3 is 15.0 Å². The molecule has 0 saturated carbocycles. The van der Waals surface area contributed by atoms with Crippen LogP contribution in [0.1, 0.15) is 11.5 Å². The van der Waals surface area contributed by atoms with E-state index in [-0.39, 0.29) is 17.1 Å². The lowest BCUT2D eigenvalue weighted by Gasteiger charge is -2.05. The summed E-state index contributed by atoms with van der Waals surface area (Å²) in [6, 6.07) is 1.34. The molecule has 0 unspecified atom stereocenters. The zero-order valence-electron chi connectivity index (χ0n) is 10.4. The number of methoxy groups -OCH3 is 1. The van der Waals surface area contributed by atoms with Crippen molar-refractivity contribution in [2.75, 3.05) is 26.5 Å². The largest absolute Gasteiger partial charge is 0.383 e. The third kappa shape index (κ3) is 5.89. The van der Waals surface area contributed by atoms with E-state index in [1.165, 1.54) is 6.07 Å².